The van der Waals surface area contributed by atoms with Gasteiger partial charge in [-0.15, -0.1) is 0 Å². The van der Waals surface area contributed by atoms with Crippen LogP contribution in [0.1, 0.15) is 361 Å². The van der Waals surface area contributed by atoms with Crippen molar-refractivity contribution in [3.05, 3.63) is 36.5 Å². The third-order valence-corrected chi connectivity index (χ3v) is 15.1. The molecule has 0 aliphatic carbocycles. The van der Waals surface area contributed by atoms with E-state index in [9.17, 15) is 15.0 Å². The summed E-state index contributed by atoms with van der Waals surface area (Å²) in [6.45, 7) is 4.34. The molecular formula is C66H127NO3. The zero-order valence-corrected chi connectivity index (χ0v) is 47.8. The summed E-state index contributed by atoms with van der Waals surface area (Å²) in [5.41, 5.74) is 0. The van der Waals surface area contributed by atoms with Gasteiger partial charge in [0.1, 0.15) is 0 Å². The Bertz CT molecular complexity index is 1070. The molecule has 0 bridgehead atoms. The van der Waals surface area contributed by atoms with E-state index in [0.29, 0.717) is 6.42 Å². The first kappa shape index (κ1) is 68.6. The van der Waals surface area contributed by atoms with Gasteiger partial charge in [0.2, 0.25) is 5.91 Å². The fourth-order valence-electron chi connectivity index (χ4n) is 10.2. The van der Waals surface area contributed by atoms with Crippen LogP contribution in [0, 0.1) is 0 Å². The summed E-state index contributed by atoms with van der Waals surface area (Å²) in [6.07, 6.45) is 85.0. The van der Waals surface area contributed by atoms with E-state index in [2.05, 4.69) is 43.5 Å². The standard InChI is InChI=1S/C66H127NO3/c1-3-5-7-9-11-13-15-17-19-21-23-25-27-29-31-32-33-34-35-36-37-39-41-43-45-47-49-51-53-55-57-59-61-65(69)64(63-68)67-66(70)62-60-58-56-54-52-50-48-46-44-42-40-38-30-28-26-24-22-20-18-16-14-12-10-8-6-4-2/h43,45,51,53,59,61,64-65,68-69H,3-42,44,46-50,52,54-58,60,62-63H2,1-2H3,(H,67,70)/b45-43+,53-51+,61-59+. The van der Waals surface area contributed by atoms with Gasteiger partial charge in [0, 0.05) is 6.42 Å². The second kappa shape index (κ2) is 61.9. The molecule has 0 heterocycles. The molecule has 4 heteroatoms. The number of rotatable bonds is 60. The maximum atomic E-state index is 12.5. The molecule has 0 aliphatic rings. The fraction of sp³-hybridized carbons (Fsp3) is 0.894. The summed E-state index contributed by atoms with van der Waals surface area (Å²) < 4.78 is 0. The van der Waals surface area contributed by atoms with Crippen LogP contribution in [0.5, 0.6) is 0 Å². The van der Waals surface area contributed by atoms with Crippen molar-refractivity contribution >= 4 is 5.91 Å². The van der Waals surface area contributed by atoms with E-state index in [1.165, 1.54) is 302 Å². The predicted octanol–water partition coefficient (Wildman–Crippen LogP) is 21.6. The molecule has 70 heavy (non-hydrogen) atoms. The van der Waals surface area contributed by atoms with Crippen molar-refractivity contribution in [3.8, 4) is 0 Å². The Balaban J connectivity index is 3.49. The lowest BCUT2D eigenvalue weighted by Crippen LogP contribution is -2.45. The highest BCUT2D eigenvalue weighted by Crippen LogP contribution is 2.18. The van der Waals surface area contributed by atoms with Gasteiger partial charge in [0.25, 0.3) is 0 Å². The van der Waals surface area contributed by atoms with Crippen molar-refractivity contribution in [1.82, 2.24) is 5.32 Å². The van der Waals surface area contributed by atoms with Gasteiger partial charge in [-0.3, -0.25) is 4.79 Å². The number of hydrogen-bond donors (Lipinski definition) is 3. The van der Waals surface area contributed by atoms with E-state index >= 15 is 0 Å². The molecule has 1 amide bonds. The van der Waals surface area contributed by atoms with E-state index in [4.69, 9.17) is 0 Å². The molecule has 0 rings (SSSR count). The lowest BCUT2D eigenvalue weighted by Gasteiger charge is -2.19. The molecule has 414 valence electrons. The Morgan fingerprint density at radius 3 is 0.829 bits per heavy atom. The van der Waals surface area contributed by atoms with Crippen molar-refractivity contribution in [3.63, 3.8) is 0 Å². The van der Waals surface area contributed by atoms with Gasteiger partial charge < -0.3 is 15.5 Å². The zero-order valence-electron chi connectivity index (χ0n) is 47.8. The third kappa shape index (κ3) is 57.5. The maximum absolute atomic E-state index is 12.5. The first-order chi connectivity index (χ1) is 34.7. The van der Waals surface area contributed by atoms with E-state index in [0.717, 1.165) is 38.5 Å². The van der Waals surface area contributed by atoms with Gasteiger partial charge in [-0.2, -0.15) is 0 Å². The average molecular weight is 983 g/mol. The minimum atomic E-state index is -0.870. The van der Waals surface area contributed by atoms with Crippen LogP contribution in [-0.4, -0.2) is 34.9 Å². The smallest absolute Gasteiger partial charge is 0.220 e. The number of carbonyl (C=O) groups is 1. The van der Waals surface area contributed by atoms with Crippen LogP contribution >= 0.6 is 0 Å². The van der Waals surface area contributed by atoms with Crippen molar-refractivity contribution in [2.24, 2.45) is 0 Å². The van der Waals surface area contributed by atoms with Crippen LogP contribution < -0.4 is 5.32 Å². The van der Waals surface area contributed by atoms with Crippen LogP contribution in [0.4, 0.5) is 0 Å². The SMILES string of the molecule is CCCCCCCCCCCCCCCCCCCCCCCC/C=C/CC/C=C/CC/C=C/C(O)C(CO)NC(=O)CCCCCCCCCCCCCCCCCCCCCCCCCCCC. The molecule has 2 unspecified atom stereocenters. The highest BCUT2D eigenvalue weighted by molar-refractivity contribution is 5.76. The van der Waals surface area contributed by atoms with E-state index in [1.54, 1.807) is 6.08 Å². The lowest BCUT2D eigenvalue weighted by molar-refractivity contribution is -0.123. The fourth-order valence-corrected chi connectivity index (χ4v) is 10.2. The topological polar surface area (TPSA) is 69.6 Å². The minimum absolute atomic E-state index is 0.0705. The molecule has 0 aromatic heterocycles. The second-order valence-electron chi connectivity index (χ2n) is 22.2. The molecule has 2 atom stereocenters. The van der Waals surface area contributed by atoms with Gasteiger partial charge >= 0.3 is 0 Å². The van der Waals surface area contributed by atoms with Crippen LogP contribution in [0.15, 0.2) is 36.5 Å². The summed E-state index contributed by atoms with van der Waals surface area (Å²) in [5.74, 6) is -0.0705. The molecule has 0 aliphatic heterocycles. The Morgan fingerprint density at radius 2 is 0.557 bits per heavy atom. The van der Waals surface area contributed by atoms with Gasteiger partial charge in [-0.25, -0.2) is 0 Å². The normalized spacial score (nSPS) is 12.9. The Kier molecular flexibility index (Phi) is 60.7. The number of allylic oxidation sites excluding steroid dienone is 5. The highest BCUT2D eigenvalue weighted by Gasteiger charge is 2.18. The van der Waals surface area contributed by atoms with Crippen molar-refractivity contribution in [1.29, 1.82) is 0 Å². The maximum Gasteiger partial charge on any atom is 0.220 e. The summed E-state index contributed by atoms with van der Waals surface area (Å²) >= 11 is 0. The number of aliphatic hydroxyl groups excluding tert-OH is 2. The summed E-state index contributed by atoms with van der Waals surface area (Å²) in [7, 11) is 0. The largest absolute Gasteiger partial charge is 0.394 e. The van der Waals surface area contributed by atoms with E-state index < -0.39 is 12.1 Å². The zero-order chi connectivity index (χ0) is 50.6. The van der Waals surface area contributed by atoms with Crippen LogP contribution in [0.3, 0.4) is 0 Å². The Hall–Kier alpha value is -1.39. The number of unbranched alkanes of at least 4 members (excludes halogenated alkanes) is 49. The molecule has 0 aromatic rings. The van der Waals surface area contributed by atoms with Gasteiger partial charge in [-0.05, 0) is 44.9 Å². The van der Waals surface area contributed by atoms with E-state index in [1.807, 2.05) is 6.08 Å². The number of carbonyl (C=O) groups excluding carboxylic acids is 1. The van der Waals surface area contributed by atoms with Crippen molar-refractivity contribution in [2.45, 2.75) is 373 Å². The number of amides is 1. The van der Waals surface area contributed by atoms with Crippen molar-refractivity contribution < 1.29 is 15.0 Å². The molecule has 0 aromatic carbocycles. The molecular weight excluding hydrogens is 855 g/mol. The first-order valence-corrected chi connectivity index (χ1v) is 32.2. The molecule has 0 saturated carbocycles. The first-order valence-electron chi connectivity index (χ1n) is 32.2. The Morgan fingerprint density at radius 1 is 0.329 bits per heavy atom. The summed E-state index contributed by atoms with van der Waals surface area (Å²) in [6, 6.07) is -0.645. The van der Waals surface area contributed by atoms with Gasteiger partial charge in [0.15, 0.2) is 0 Å². The number of aliphatic hydroxyl groups is 2. The minimum Gasteiger partial charge on any atom is -0.394 e. The van der Waals surface area contributed by atoms with Crippen molar-refractivity contribution in [2.75, 3.05) is 6.61 Å². The number of hydrogen-bond acceptors (Lipinski definition) is 3. The van der Waals surface area contributed by atoms with Crippen LogP contribution in [-0.2, 0) is 4.79 Å². The molecule has 0 fully saturated rings. The monoisotopic (exact) mass is 982 g/mol. The van der Waals surface area contributed by atoms with Crippen LogP contribution in [0.25, 0.3) is 0 Å². The summed E-state index contributed by atoms with van der Waals surface area (Å²) in [4.78, 5) is 12.5. The van der Waals surface area contributed by atoms with Gasteiger partial charge in [0.05, 0.1) is 18.8 Å². The molecule has 0 saturated heterocycles. The second-order valence-corrected chi connectivity index (χ2v) is 22.2. The van der Waals surface area contributed by atoms with E-state index in [-0.39, 0.29) is 12.5 Å². The molecule has 3 N–H and O–H groups in total. The lowest BCUT2D eigenvalue weighted by atomic mass is 10.0. The third-order valence-electron chi connectivity index (χ3n) is 15.1. The van der Waals surface area contributed by atoms with Crippen LogP contribution in [0.2, 0.25) is 0 Å². The number of nitrogens with one attached hydrogen (secondary N) is 1. The summed E-state index contributed by atoms with van der Waals surface area (Å²) in [5, 5.41) is 23.2. The quantitative estimate of drug-likeness (QED) is 0.0420. The predicted molar refractivity (Wildman–Crippen MR) is 313 cm³/mol. The highest BCUT2D eigenvalue weighted by atomic mass is 16.3. The molecule has 0 spiro atoms. The molecule has 4 nitrogen and oxygen atoms in total. The average Bonchev–Trinajstić information content (AvgIpc) is 3.36. The molecule has 0 radical (unpaired) electrons. The van der Waals surface area contributed by atoms with Gasteiger partial charge in [-0.1, -0.05) is 346 Å². The Labute approximate surface area is 440 Å².